The Morgan fingerprint density at radius 2 is 2.00 bits per heavy atom. The highest BCUT2D eigenvalue weighted by Gasteiger charge is 2.39. The SMILES string of the molecule is N#CC1(c2ccc(Br)cn2)CCC(N2CCOCC2)CC1. The van der Waals surface area contributed by atoms with Crippen LogP contribution in [0.1, 0.15) is 31.4 Å². The standard InChI is InChI=1S/C16H20BrN3O/c17-13-1-2-15(19-11-13)16(12-18)5-3-14(4-6-16)20-7-9-21-10-8-20/h1-2,11,14H,3-10H2. The van der Waals surface area contributed by atoms with Crippen LogP contribution in [0.3, 0.4) is 0 Å². The lowest BCUT2D eigenvalue weighted by molar-refractivity contribution is 0.00493. The van der Waals surface area contributed by atoms with Crippen LogP contribution < -0.4 is 0 Å². The molecule has 0 aromatic carbocycles. The number of aromatic nitrogens is 1. The average Bonchev–Trinajstić information content (AvgIpc) is 2.56. The van der Waals surface area contributed by atoms with Crippen molar-refractivity contribution in [1.82, 2.24) is 9.88 Å². The summed E-state index contributed by atoms with van der Waals surface area (Å²) >= 11 is 3.41. The van der Waals surface area contributed by atoms with Gasteiger partial charge in [-0.15, -0.1) is 0 Å². The van der Waals surface area contributed by atoms with Crippen molar-refractivity contribution in [2.45, 2.75) is 37.1 Å². The molecule has 5 heteroatoms. The maximum absolute atomic E-state index is 9.73. The normalized spacial score (nSPS) is 30.8. The van der Waals surface area contributed by atoms with E-state index in [4.69, 9.17) is 4.74 Å². The number of ether oxygens (including phenoxy) is 1. The molecular weight excluding hydrogens is 330 g/mol. The zero-order valence-corrected chi connectivity index (χ0v) is 13.7. The number of rotatable bonds is 2. The molecule has 1 saturated heterocycles. The molecule has 0 unspecified atom stereocenters. The van der Waals surface area contributed by atoms with Crippen LogP contribution in [0, 0.1) is 11.3 Å². The molecule has 1 aliphatic heterocycles. The second kappa shape index (κ2) is 6.43. The summed E-state index contributed by atoms with van der Waals surface area (Å²) in [5.74, 6) is 0. The van der Waals surface area contributed by atoms with Gasteiger partial charge in [-0.25, -0.2) is 0 Å². The third-order valence-corrected chi connectivity index (χ3v) is 5.27. The smallest absolute Gasteiger partial charge is 0.0994 e. The number of halogens is 1. The summed E-state index contributed by atoms with van der Waals surface area (Å²) in [7, 11) is 0. The van der Waals surface area contributed by atoms with Gasteiger partial charge in [0.2, 0.25) is 0 Å². The van der Waals surface area contributed by atoms with E-state index in [-0.39, 0.29) is 0 Å². The third-order valence-electron chi connectivity index (χ3n) is 4.80. The quantitative estimate of drug-likeness (QED) is 0.823. The van der Waals surface area contributed by atoms with Gasteiger partial charge in [-0.3, -0.25) is 9.88 Å². The second-order valence-corrected chi connectivity index (χ2v) is 6.85. The highest BCUT2D eigenvalue weighted by Crippen LogP contribution is 2.39. The van der Waals surface area contributed by atoms with E-state index in [0.717, 1.165) is 62.2 Å². The topological polar surface area (TPSA) is 49.2 Å². The van der Waals surface area contributed by atoms with Crippen molar-refractivity contribution in [3.63, 3.8) is 0 Å². The first-order valence-electron chi connectivity index (χ1n) is 7.59. The summed E-state index contributed by atoms with van der Waals surface area (Å²) in [4.78, 5) is 7.01. The first-order chi connectivity index (χ1) is 10.2. The Bertz CT molecular complexity index is 511. The van der Waals surface area contributed by atoms with Gasteiger partial charge in [-0.2, -0.15) is 5.26 Å². The van der Waals surface area contributed by atoms with Crippen LogP contribution in [-0.2, 0) is 10.2 Å². The summed E-state index contributed by atoms with van der Waals surface area (Å²) in [6.45, 7) is 3.74. The van der Waals surface area contributed by atoms with Gasteiger partial charge < -0.3 is 4.74 Å². The number of nitriles is 1. The zero-order chi connectivity index (χ0) is 14.7. The van der Waals surface area contributed by atoms with Crippen molar-refractivity contribution in [1.29, 1.82) is 5.26 Å². The minimum absolute atomic E-state index is 0.399. The zero-order valence-electron chi connectivity index (χ0n) is 12.1. The fourth-order valence-electron chi connectivity index (χ4n) is 3.49. The van der Waals surface area contributed by atoms with Gasteiger partial charge >= 0.3 is 0 Å². The maximum atomic E-state index is 9.73. The lowest BCUT2D eigenvalue weighted by atomic mass is 9.71. The van der Waals surface area contributed by atoms with Crippen LogP contribution in [0.4, 0.5) is 0 Å². The minimum Gasteiger partial charge on any atom is -0.379 e. The van der Waals surface area contributed by atoms with Gasteiger partial charge in [0.25, 0.3) is 0 Å². The molecular formula is C16H20BrN3O. The van der Waals surface area contributed by atoms with Crippen LogP contribution in [0.15, 0.2) is 22.8 Å². The number of hydrogen-bond acceptors (Lipinski definition) is 4. The molecule has 1 aromatic heterocycles. The van der Waals surface area contributed by atoms with Gasteiger partial charge in [0.15, 0.2) is 0 Å². The number of nitrogens with zero attached hydrogens (tertiary/aromatic N) is 3. The van der Waals surface area contributed by atoms with Crippen molar-refractivity contribution in [2.24, 2.45) is 0 Å². The predicted octanol–water partition coefficient (Wildman–Crippen LogP) is 2.88. The van der Waals surface area contributed by atoms with Gasteiger partial charge in [0.1, 0.15) is 0 Å². The minimum atomic E-state index is -0.399. The lowest BCUT2D eigenvalue weighted by Crippen LogP contribution is -2.47. The van der Waals surface area contributed by atoms with Gasteiger partial charge in [-0.05, 0) is 53.7 Å². The fourth-order valence-corrected chi connectivity index (χ4v) is 3.72. The van der Waals surface area contributed by atoms with E-state index < -0.39 is 5.41 Å². The Morgan fingerprint density at radius 1 is 1.29 bits per heavy atom. The van der Waals surface area contributed by atoms with Gasteiger partial charge in [0.05, 0.1) is 30.4 Å². The molecule has 2 aliphatic rings. The van der Waals surface area contributed by atoms with E-state index in [9.17, 15) is 5.26 Å². The maximum Gasteiger partial charge on any atom is 0.0994 e. The summed E-state index contributed by atoms with van der Waals surface area (Å²) in [6, 6.07) is 7.13. The van der Waals surface area contributed by atoms with Crippen LogP contribution in [0.25, 0.3) is 0 Å². The molecule has 1 aromatic rings. The van der Waals surface area contributed by atoms with Crippen LogP contribution >= 0.6 is 15.9 Å². The molecule has 0 amide bonds. The fraction of sp³-hybridized carbons (Fsp3) is 0.625. The van der Waals surface area contributed by atoms with Crippen LogP contribution in [0.5, 0.6) is 0 Å². The van der Waals surface area contributed by atoms with Gasteiger partial charge in [-0.1, -0.05) is 0 Å². The van der Waals surface area contributed by atoms with E-state index in [1.807, 2.05) is 12.1 Å². The molecule has 4 nitrogen and oxygen atoms in total. The van der Waals surface area contributed by atoms with E-state index in [1.165, 1.54) is 0 Å². The highest BCUT2D eigenvalue weighted by molar-refractivity contribution is 9.10. The molecule has 0 spiro atoms. The Morgan fingerprint density at radius 3 is 2.57 bits per heavy atom. The second-order valence-electron chi connectivity index (χ2n) is 5.94. The van der Waals surface area contributed by atoms with Crippen molar-refractivity contribution in [2.75, 3.05) is 26.3 Å². The van der Waals surface area contributed by atoms with Crippen LogP contribution in [-0.4, -0.2) is 42.2 Å². The summed E-state index contributed by atoms with van der Waals surface area (Å²) in [5, 5.41) is 9.73. The Balaban J connectivity index is 1.69. The first kappa shape index (κ1) is 15.0. The summed E-state index contributed by atoms with van der Waals surface area (Å²) < 4.78 is 6.38. The molecule has 0 bridgehead atoms. The molecule has 2 fully saturated rings. The molecule has 112 valence electrons. The summed E-state index contributed by atoms with van der Waals surface area (Å²) in [5.41, 5.74) is 0.525. The average molecular weight is 350 g/mol. The van der Waals surface area contributed by atoms with Gasteiger partial charge in [0, 0.05) is 29.8 Å². The summed E-state index contributed by atoms with van der Waals surface area (Å²) in [6.07, 6.45) is 5.75. The Hall–Kier alpha value is -0.960. The van der Waals surface area contributed by atoms with Crippen molar-refractivity contribution in [3.8, 4) is 6.07 Å². The molecule has 0 atom stereocenters. The molecule has 1 aliphatic carbocycles. The number of hydrogen-bond donors (Lipinski definition) is 0. The molecule has 1 saturated carbocycles. The van der Waals surface area contributed by atoms with Crippen molar-refractivity contribution in [3.05, 3.63) is 28.5 Å². The Kier molecular flexibility index (Phi) is 4.58. The lowest BCUT2D eigenvalue weighted by Gasteiger charge is -2.41. The highest BCUT2D eigenvalue weighted by atomic mass is 79.9. The van der Waals surface area contributed by atoms with Crippen molar-refractivity contribution >= 4 is 15.9 Å². The largest absolute Gasteiger partial charge is 0.379 e. The number of pyridine rings is 1. The third kappa shape index (κ3) is 3.13. The van der Waals surface area contributed by atoms with Crippen molar-refractivity contribution < 1.29 is 4.74 Å². The molecule has 0 radical (unpaired) electrons. The number of morpholine rings is 1. The van der Waals surface area contributed by atoms with Crippen LogP contribution in [0.2, 0.25) is 0 Å². The van der Waals surface area contributed by atoms with E-state index >= 15 is 0 Å². The first-order valence-corrected chi connectivity index (χ1v) is 8.38. The molecule has 2 heterocycles. The monoisotopic (exact) mass is 349 g/mol. The predicted molar refractivity (Wildman–Crippen MR) is 83.9 cm³/mol. The molecule has 3 rings (SSSR count). The van der Waals surface area contributed by atoms with E-state index in [0.29, 0.717) is 6.04 Å². The molecule has 0 N–H and O–H groups in total. The Labute approximate surface area is 134 Å². The molecule has 21 heavy (non-hydrogen) atoms. The van der Waals surface area contributed by atoms with E-state index in [1.54, 1.807) is 6.20 Å². The van der Waals surface area contributed by atoms with E-state index in [2.05, 4.69) is 31.9 Å².